The van der Waals surface area contributed by atoms with Gasteiger partial charge in [0.05, 0.1) is 12.6 Å². The molecule has 0 saturated heterocycles. The largest absolute Gasteiger partial charge is 0.465 e. The summed E-state index contributed by atoms with van der Waals surface area (Å²) in [6, 6.07) is 4.76. The molecule has 2 amide bonds. The van der Waals surface area contributed by atoms with Crippen LogP contribution in [0.3, 0.4) is 0 Å². The van der Waals surface area contributed by atoms with Gasteiger partial charge < -0.3 is 10.1 Å². The maximum atomic E-state index is 14.2. The van der Waals surface area contributed by atoms with E-state index in [4.69, 9.17) is 4.74 Å². The van der Waals surface area contributed by atoms with Crippen molar-refractivity contribution in [3.8, 4) is 0 Å². The topological polar surface area (TPSA) is 67.8 Å². The molecule has 2 atom stereocenters. The van der Waals surface area contributed by atoms with E-state index in [1.807, 2.05) is 0 Å². The van der Waals surface area contributed by atoms with Crippen molar-refractivity contribution in [3.63, 3.8) is 0 Å². The van der Waals surface area contributed by atoms with Gasteiger partial charge in [0.25, 0.3) is 0 Å². The Morgan fingerprint density at radius 1 is 1.28 bits per heavy atom. The third kappa shape index (κ3) is 4.06. The fraction of sp³-hybridized carbons (Fsp3) is 0.526. The lowest BCUT2D eigenvalue weighted by Gasteiger charge is -2.30. The van der Waals surface area contributed by atoms with E-state index in [9.17, 15) is 14.0 Å². The third-order valence-electron chi connectivity index (χ3n) is 5.02. The van der Waals surface area contributed by atoms with Gasteiger partial charge >= 0.3 is 12.0 Å². The second-order valence-corrected chi connectivity index (χ2v) is 6.81. The molecule has 1 N–H and O–H groups in total. The molecule has 2 unspecified atom stereocenters. The quantitative estimate of drug-likeness (QED) is 0.844. The first-order chi connectivity index (χ1) is 12.1. The van der Waals surface area contributed by atoms with Gasteiger partial charge in [-0.05, 0) is 31.7 Å². The van der Waals surface area contributed by atoms with Crippen LogP contribution in [0, 0.1) is 17.7 Å². The molecule has 5 nitrogen and oxygen atoms in total. The summed E-state index contributed by atoms with van der Waals surface area (Å²) in [5.41, 5.74) is 0.621. The molecular weight excluding hydrogens is 323 g/mol. The predicted octanol–water partition coefficient (Wildman–Crippen LogP) is 3.79. The Balaban J connectivity index is 1.77. The molecule has 1 aliphatic heterocycles. The van der Waals surface area contributed by atoms with Crippen LogP contribution in [-0.4, -0.2) is 24.3 Å². The highest BCUT2D eigenvalue weighted by Crippen LogP contribution is 2.30. The molecule has 25 heavy (non-hydrogen) atoms. The van der Waals surface area contributed by atoms with Crippen molar-refractivity contribution >= 4 is 17.7 Å². The Hall–Kier alpha value is -2.24. The normalized spacial score (nSPS) is 24.4. The van der Waals surface area contributed by atoms with Gasteiger partial charge in [0, 0.05) is 11.3 Å². The second kappa shape index (κ2) is 7.76. The number of esters is 1. The molecule has 0 bridgehead atoms. The van der Waals surface area contributed by atoms with E-state index in [1.54, 1.807) is 25.1 Å². The standard InChI is InChI=1S/C19H23FN2O3/c1-12-16(18(23)25-11-13-7-3-2-4-8-13)17(22-19(24)21-12)14-9-5-6-10-15(14)20/h5-6,9-10,13,16-17H,2-4,7-8,11H2,1H3,(H,22,24). The number of nitrogens with one attached hydrogen (secondary N) is 1. The summed E-state index contributed by atoms with van der Waals surface area (Å²) in [5.74, 6) is -1.34. The summed E-state index contributed by atoms with van der Waals surface area (Å²) >= 11 is 0. The third-order valence-corrected chi connectivity index (χ3v) is 5.02. The molecule has 0 spiro atoms. The van der Waals surface area contributed by atoms with Gasteiger partial charge in [0.1, 0.15) is 11.7 Å². The van der Waals surface area contributed by atoms with Gasteiger partial charge in [-0.2, -0.15) is 0 Å². The molecule has 2 aliphatic rings. The molecule has 134 valence electrons. The predicted molar refractivity (Wildman–Crippen MR) is 91.8 cm³/mol. The fourth-order valence-corrected chi connectivity index (χ4v) is 3.65. The van der Waals surface area contributed by atoms with E-state index >= 15 is 0 Å². The van der Waals surface area contributed by atoms with E-state index < -0.39 is 29.8 Å². The Morgan fingerprint density at radius 3 is 2.72 bits per heavy atom. The maximum Gasteiger partial charge on any atom is 0.341 e. The lowest BCUT2D eigenvalue weighted by atomic mass is 9.87. The number of nitrogens with zero attached hydrogens (tertiary/aromatic N) is 1. The molecule has 1 saturated carbocycles. The zero-order valence-corrected chi connectivity index (χ0v) is 14.3. The summed E-state index contributed by atoms with van der Waals surface area (Å²) < 4.78 is 19.7. The zero-order chi connectivity index (χ0) is 17.8. The van der Waals surface area contributed by atoms with Crippen molar-refractivity contribution in [1.82, 2.24) is 5.32 Å². The smallest absolute Gasteiger partial charge is 0.341 e. The molecule has 1 heterocycles. The number of benzene rings is 1. The Morgan fingerprint density at radius 2 is 2.00 bits per heavy atom. The first-order valence-electron chi connectivity index (χ1n) is 8.83. The van der Waals surface area contributed by atoms with Crippen LogP contribution >= 0.6 is 0 Å². The van der Waals surface area contributed by atoms with Gasteiger partial charge in [0.2, 0.25) is 0 Å². The van der Waals surface area contributed by atoms with Crippen LogP contribution in [0.1, 0.15) is 50.6 Å². The minimum atomic E-state index is -0.807. The van der Waals surface area contributed by atoms with Crippen LogP contribution in [0.4, 0.5) is 9.18 Å². The van der Waals surface area contributed by atoms with E-state index in [0.29, 0.717) is 18.2 Å². The highest BCUT2D eigenvalue weighted by atomic mass is 19.1. The lowest BCUT2D eigenvalue weighted by molar-refractivity contribution is -0.148. The van der Waals surface area contributed by atoms with Crippen LogP contribution in [0.5, 0.6) is 0 Å². The van der Waals surface area contributed by atoms with Crippen LogP contribution in [0.25, 0.3) is 0 Å². The number of hydrogen-bond acceptors (Lipinski definition) is 3. The maximum absolute atomic E-state index is 14.2. The monoisotopic (exact) mass is 346 g/mol. The fourth-order valence-electron chi connectivity index (χ4n) is 3.65. The number of carbonyl (C=O) groups excluding carboxylic acids is 2. The first kappa shape index (κ1) is 17.6. The van der Waals surface area contributed by atoms with E-state index in [0.717, 1.165) is 12.8 Å². The van der Waals surface area contributed by atoms with Crippen molar-refractivity contribution in [1.29, 1.82) is 0 Å². The van der Waals surface area contributed by atoms with Crippen molar-refractivity contribution < 1.29 is 18.7 Å². The highest BCUT2D eigenvalue weighted by molar-refractivity contribution is 6.08. The number of urea groups is 1. The van der Waals surface area contributed by atoms with E-state index in [2.05, 4.69) is 10.3 Å². The van der Waals surface area contributed by atoms with Crippen LogP contribution in [0.2, 0.25) is 0 Å². The molecule has 1 aromatic rings. The van der Waals surface area contributed by atoms with Crippen molar-refractivity contribution in [2.24, 2.45) is 16.8 Å². The summed E-state index contributed by atoms with van der Waals surface area (Å²) in [6.07, 6.45) is 5.71. The van der Waals surface area contributed by atoms with Gasteiger partial charge in [-0.1, -0.05) is 37.5 Å². The van der Waals surface area contributed by atoms with Gasteiger partial charge in [-0.15, -0.1) is 0 Å². The average molecular weight is 346 g/mol. The zero-order valence-electron chi connectivity index (χ0n) is 14.3. The minimum Gasteiger partial charge on any atom is -0.465 e. The number of hydrogen-bond donors (Lipinski definition) is 1. The van der Waals surface area contributed by atoms with E-state index in [1.165, 1.54) is 25.3 Å². The Labute approximate surface area is 146 Å². The van der Waals surface area contributed by atoms with Gasteiger partial charge in [-0.25, -0.2) is 14.2 Å². The Bertz CT molecular complexity index is 683. The lowest BCUT2D eigenvalue weighted by Crippen LogP contribution is -2.44. The molecule has 6 heteroatoms. The first-order valence-corrected chi connectivity index (χ1v) is 8.83. The summed E-state index contributed by atoms with van der Waals surface area (Å²) in [6.45, 7) is 1.99. The van der Waals surface area contributed by atoms with Gasteiger partial charge in [-0.3, -0.25) is 4.79 Å². The SMILES string of the molecule is CC1=NC(=O)NC(c2ccccc2F)C1C(=O)OCC1CCCCC1. The second-order valence-electron chi connectivity index (χ2n) is 6.81. The van der Waals surface area contributed by atoms with Crippen LogP contribution in [-0.2, 0) is 9.53 Å². The number of aliphatic imine (C=N–C) groups is 1. The number of rotatable bonds is 4. The van der Waals surface area contributed by atoms with Crippen LogP contribution in [0.15, 0.2) is 29.3 Å². The number of halogens is 1. The summed E-state index contributed by atoms with van der Waals surface area (Å²) in [4.78, 5) is 28.3. The number of amides is 2. The number of ether oxygens (including phenoxy) is 1. The van der Waals surface area contributed by atoms with E-state index in [-0.39, 0.29) is 5.56 Å². The molecule has 1 fully saturated rings. The summed E-state index contributed by atoms with van der Waals surface area (Å²) in [5, 5.41) is 2.61. The van der Waals surface area contributed by atoms with Crippen molar-refractivity contribution in [2.75, 3.05) is 6.61 Å². The summed E-state index contributed by atoms with van der Waals surface area (Å²) in [7, 11) is 0. The van der Waals surface area contributed by atoms with Crippen LogP contribution < -0.4 is 5.32 Å². The molecule has 1 aliphatic carbocycles. The minimum absolute atomic E-state index is 0.268. The van der Waals surface area contributed by atoms with Crippen molar-refractivity contribution in [3.05, 3.63) is 35.6 Å². The average Bonchev–Trinajstić information content (AvgIpc) is 2.60. The molecule has 3 rings (SSSR count). The highest BCUT2D eigenvalue weighted by Gasteiger charge is 2.39. The number of carbonyl (C=O) groups is 2. The molecule has 0 aromatic heterocycles. The molecular formula is C19H23FN2O3. The molecule has 1 aromatic carbocycles. The van der Waals surface area contributed by atoms with Gasteiger partial charge in [0.15, 0.2) is 0 Å². The van der Waals surface area contributed by atoms with Crippen molar-refractivity contribution in [2.45, 2.75) is 45.1 Å². The molecule has 0 radical (unpaired) electrons. The Kier molecular flexibility index (Phi) is 5.46.